The van der Waals surface area contributed by atoms with E-state index in [2.05, 4.69) is 0 Å². The van der Waals surface area contributed by atoms with Crippen molar-refractivity contribution in [2.24, 2.45) is 22.0 Å². The van der Waals surface area contributed by atoms with Gasteiger partial charge in [0, 0.05) is 4.75 Å². The Morgan fingerprint density at radius 2 is 1.15 bits per heavy atom. The van der Waals surface area contributed by atoms with Crippen molar-refractivity contribution < 1.29 is 33.3 Å². The molecule has 9 heteroatoms. The van der Waals surface area contributed by atoms with E-state index in [-0.39, 0.29) is 11.4 Å². The fourth-order valence-electron chi connectivity index (χ4n) is 2.78. The first-order chi connectivity index (χ1) is 15.0. The third-order valence-corrected chi connectivity index (χ3v) is 6.23. The van der Waals surface area contributed by atoms with Gasteiger partial charge in [-0.2, -0.15) is 0 Å². The van der Waals surface area contributed by atoms with Crippen LogP contribution < -0.4 is 5.73 Å². The summed E-state index contributed by atoms with van der Waals surface area (Å²) in [6.07, 6.45) is -2.89. The smallest absolute Gasteiger partial charge is 0.311 e. The number of carbonyl (C=O) groups excluding carboxylic acids is 3. The zero-order valence-corrected chi connectivity index (χ0v) is 23.8. The minimum Gasteiger partial charge on any atom is -0.462 e. The molecule has 0 aromatic carbocycles. The molecule has 34 heavy (non-hydrogen) atoms. The minimum atomic E-state index is -1.04. The molecular weight excluding hydrogens is 458 g/mol. The molecule has 0 unspecified atom stereocenters. The number of ether oxygens (including phenoxy) is 4. The molecule has 1 rings (SSSR count). The monoisotopic (exact) mass is 503 g/mol. The first-order valence-electron chi connectivity index (χ1n) is 11.7. The molecule has 198 valence electrons. The summed E-state index contributed by atoms with van der Waals surface area (Å²) < 4.78 is 23.3. The first-order valence-corrected chi connectivity index (χ1v) is 12.6. The van der Waals surface area contributed by atoms with Crippen molar-refractivity contribution in [3.63, 3.8) is 0 Å². The molecule has 0 aromatic rings. The molecule has 8 nitrogen and oxygen atoms in total. The number of rotatable bonds is 5. The lowest BCUT2D eigenvalue weighted by Gasteiger charge is -2.46. The van der Waals surface area contributed by atoms with Crippen LogP contribution in [0.15, 0.2) is 0 Å². The van der Waals surface area contributed by atoms with Crippen LogP contribution in [0.4, 0.5) is 0 Å². The van der Waals surface area contributed by atoms with E-state index in [4.69, 9.17) is 24.7 Å². The van der Waals surface area contributed by atoms with E-state index in [1.165, 1.54) is 11.8 Å². The van der Waals surface area contributed by atoms with Gasteiger partial charge in [0.25, 0.3) is 0 Å². The molecular formula is C25H45NO7S. The summed E-state index contributed by atoms with van der Waals surface area (Å²) >= 11 is 1.47. The lowest BCUT2D eigenvalue weighted by Crippen LogP contribution is -2.64. The Balaban J connectivity index is 3.41. The second-order valence-corrected chi connectivity index (χ2v) is 14.9. The largest absolute Gasteiger partial charge is 0.462 e. The van der Waals surface area contributed by atoms with Crippen molar-refractivity contribution in [1.29, 1.82) is 0 Å². The lowest BCUT2D eigenvalue weighted by molar-refractivity contribution is -0.218. The molecule has 1 fully saturated rings. The predicted molar refractivity (Wildman–Crippen MR) is 133 cm³/mol. The lowest BCUT2D eigenvalue weighted by atomic mass is 9.93. The number of hydrogen-bond donors (Lipinski definition) is 1. The molecule has 5 atom stereocenters. The second kappa shape index (κ2) is 10.7. The van der Waals surface area contributed by atoms with Crippen LogP contribution in [0.2, 0.25) is 0 Å². The number of hydrogen-bond acceptors (Lipinski definition) is 9. The van der Waals surface area contributed by atoms with Crippen molar-refractivity contribution in [2.75, 3.05) is 6.61 Å². The molecule has 0 amide bonds. The summed E-state index contributed by atoms with van der Waals surface area (Å²) in [6, 6.07) is -0.775. The van der Waals surface area contributed by atoms with Gasteiger partial charge in [-0.3, -0.25) is 14.4 Å². The topological polar surface area (TPSA) is 114 Å². The van der Waals surface area contributed by atoms with Crippen LogP contribution in [0.25, 0.3) is 0 Å². The Labute approximate surface area is 209 Å². The highest BCUT2D eigenvalue weighted by atomic mass is 32.2. The van der Waals surface area contributed by atoms with Crippen LogP contribution in [-0.4, -0.2) is 59.1 Å². The molecule has 0 spiro atoms. The summed E-state index contributed by atoms with van der Waals surface area (Å²) in [4.78, 5) is 38.2. The van der Waals surface area contributed by atoms with E-state index >= 15 is 0 Å². The molecule has 2 N–H and O–H groups in total. The number of nitrogens with two attached hydrogens (primary N) is 1. The van der Waals surface area contributed by atoms with Gasteiger partial charge in [-0.05, 0) is 62.3 Å². The first kappa shape index (κ1) is 30.7. The van der Waals surface area contributed by atoms with Crippen LogP contribution in [0.5, 0.6) is 0 Å². The van der Waals surface area contributed by atoms with Crippen molar-refractivity contribution in [3.05, 3.63) is 0 Å². The molecule has 0 aromatic heterocycles. The predicted octanol–water partition coefficient (Wildman–Crippen LogP) is 4.08. The molecule has 1 aliphatic heterocycles. The zero-order chi connectivity index (χ0) is 26.9. The average Bonchev–Trinajstić information content (AvgIpc) is 2.61. The summed E-state index contributed by atoms with van der Waals surface area (Å²) in [7, 11) is 0. The van der Waals surface area contributed by atoms with Gasteiger partial charge in [0.05, 0.1) is 22.3 Å². The third-order valence-electron chi connectivity index (χ3n) is 4.86. The van der Waals surface area contributed by atoms with E-state index in [0.717, 1.165) is 0 Å². The van der Waals surface area contributed by atoms with Crippen LogP contribution in [0.1, 0.15) is 83.1 Å². The summed E-state index contributed by atoms with van der Waals surface area (Å²) in [5.74, 6) is -1.40. The molecule has 0 saturated carbocycles. The minimum absolute atomic E-state index is 0.171. The summed E-state index contributed by atoms with van der Waals surface area (Å²) in [6.45, 7) is 21.5. The van der Waals surface area contributed by atoms with Gasteiger partial charge in [-0.15, -0.1) is 11.8 Å². The molecule has 1 heterocycles. The van der Waals surface area contributed by atoms with Crippen LogP contribution >= 0.6 is 11.8 Å². The van der Waals surface area contributed by atoms with Crippen LogP contribution in [0.3, 0.4) is 0 Å². The van der Waals surface area contributed by atoms with Gasteiger partial charge in [0.1, 0.15) is 18.1 Å². The van der Waals surface area contributed by atoms with Crippen molar-refractivity contribution in [2.45, 2.75) is 118 Å². The third kappa shape index (κ3) is 9.04. The number of carbonyl (C=O) groups is 3. The highest BCUT2D eigenvalue weighted by Gasteiger charge is 2.51. The zero-order valence-electron chi connectivity index (χ0n) is 22.9. The van der Waals surface area contributed by atoms with E-state index in [1.54, 1.807) is 62.3 Å². The van der Waals surface area contributed by atoms with Crippen molar-refractivity contribution in [3.8, 4) is 0 Å². The van der Waals surface area contributed by atoms with Gasteiger partial charge in [0.15, 0.2) is 12.2 Å². The van der Waals surface area contributed by atoms with Crippen LogP contribution in [-0.2, 0) is 33.3 Å². The van der Waals surface area contributed by atoms with Crippen molar-refractivity contribution >= 4 is 29.7 Å². The highest BCUT2D eigenvalue weighted by Crippen LogP contribution is 2.38. The average molecular weight is 504 g/mol. The Kier molecular flexibility index (Phi) is 9.71. The Morgan fingerprint density at radius 3 is 1.53 bits per heavy atom. The van der Waals surface area contributed by atoms with E-state index < -0.39 is 63.9 Å². The molecule has 1 aliphatic rings. The Bertz CT molecular complexity index is 740. The van der Waals surface area contributed by atoms with Gasteiger partial charge >= 0.3 is 17.9 Å². The molecule has 0 bridgehead atoms. The van der Waals surface area contributed by atoms with E-state index in [1.807, 2.05) is 20.8 Å². The Morgan fingerprint density at radius 1 is 0.735 bits per heavy atom. The standard InChI is InChI=1S/C25H45NO7S/c1-22(2,3)19(27)30-13-14-16(32-20(28)23(4,5)6)17(33-21(29)24(7,8)9)15(26)18(31-14)34-25(10,11)12/h14-18H,13,26H2,1-12H3/t14-,15-,16-,17-,18+/m1/s1. The molecule has 0 radical (unpaired) electrons. The van der Waals surface area contributed by atoms with E-state index in [0.29, 0.717) is 0 Å². The van der Waals surface area contributed by atoms with Gasteiger partial charge < -0.3 is 24.7 Å². The fraction of sp³-hybridized carbons (Fsp3) is 0.880. The quantitative estimate of drug-likeness (QED) is 0.438. The van der Waals surface area contributed by atoms with Crippen LogP contribution in [0, 0.1) is 16.2 Å². The maximum atomic E-state index is 12.9. The Hall–Kier alpha value is -1.32. The maximum Gasteiger partial charge on any atom is 0.311 e. The fourth-order valence-corrected chi connectivity index (χ4v) is 3.99. The number of esters is 3. The SMILES string of the molecule is CC(C)(C)S[C@@H]1O[C@H](COC(=O)C(C)(C)C)[C@@H](OC(=O)C(C)(C)C)[C@H](OC(=O)C(C)(C)C)[C@H]1N. The van der Waals surface area contributed by atoms with Gasteiger partial charge in [-0.25, -0.2) is 0 Å². The van der Waals surface area contributed by atoms with Gasteiger partial charge in [-0.1, -0.05) is 20.8 Å². The molecule has 1 saturated heterocycles. The van der Waals surface area contributed by atoms with Crippen molar-refractivity contribution in [1.82, 2.24) is 0 Å². The number of thioether (sulfide) groups is 1. The van der Waals surface area contributed by atoms with E-state index in [9.17, 15) is 14.4 Å². The molecule has 0 aliphatic carbocycles. The normalized spacial score (nSPS) is 26.6. The summed E-state index contributed by atoms with van der Waals surface area (Å²) in [5.41, 5.74) is 3.65. The van der Waals surface area contributed by atoms with Gasteiger partial charge in [0.2, 0.25) is 0 Å². The summed E-state index contributed by atoms with van der Waals surface area (Å²) in [5, 5.41) is 0. The maximum absolute atomic E-state index is 12.9. The second-order valence-electron chi connectivity index (χ2n) is 12.9. The highest BCUT2D eigenvalue weighted by molar-refractivity contribution is 8.01.